The first-order valence-electron chi connectivity index (χ1n) is 6.98. The second-order valence-electron chi connectivity index (χ2n) is 6.07. The Labute approximate surface area is 141 Å². The van der Waals surface area contributed by atoms with Crippen LogP contribution in [0, 0.1) is 5.41 Å². The van der Waals surface area contributed by atoms with Gasteiger partial charge in [0.15, 0.2) is 5.96 Å². The average Bonchev–Trinajstić information content (AvgIpc) is 2.29. The fourth-order valence-corrected chi connectivity index (χ4v) is 1.46. The van der Waals surface area contributed by atoms with Gasteiger partial charge in [-0.05, 0) is 25.2 Å². The summed E-state index contributed by atoms with van der Waals surface area (Å²) < 4.78 is 0. The Morgan fingerprint density at radius 3 is 2.25 bits per heavy atom. The van der Waals surface area contributed by atoms with Crippen molar-refractivity contribution < 1.29 is 4.79 Å². The monoisotopic (exact) mass is 398 g/mol. The van der Waals surface area contributed by atoms with Crippen LogP contribution in [-0.2, 0) is 4.79 Å². The number of carbonyl (C=O) groups excluding carboxylic acids is 1. The van der Waals surface area contributed by atoms with Gasteiger partial charge in [0.1, 0.15) is 6.54 Å². The van der Waals surface area contributed by atoms with Crippen LogP contribution in [0.15, 0.2) is 4.99 Å². The second-order valence-corrected chi connectivity index (χ2v) is 6.07. The fraction of sp³-hybridized carbons (Fsp3) is 0.857. The second kappa shape index (κ2) is 11.2. The first-order chi connectivity index (χ1) is 8.76. The SMILES string of the molecule is CCNC(=NCC(=O)N(C)C)NCCCC(C)(C)C.I. The molecule has 0 atom stereocenters. The number of halogens is 1. The standard InChI is InChI=1S/C14H30N4O.HI/c1-7-15-13(17-11-12(19)18(5)6)16-10-8-9-14(2,3)4;/h7-11H2,1-6H3,(H2,15,16,17);1H. The third-order valence-electron chi connectivity index (χ3n) is 2.61. The highest BCUT2D eigenvalue weighted by atomic mass is 127. The number of guanidine groups is 1. The minimum absolute atomic E-state index is 0. The molecule has 0 rings (SSSR count). The van der Waals surface area contributed by atoms with Crippen molar-refractivity contribution >= 4 is 35.8 Å². The molecule has 20 heavy (non-hydrogen) atoms. The lowest BCUT2D eigenvalue weighted by Gasteiger charge is -2.18. The van der Waals surface area contributed by atoms with Crippen molar-refractivity contribution in [3.63, 3.8) is 0 Å². The zero-order valence-corrected chi connectivity index (χ0v) is 16.1. The Hall–Kier alpha value is -0.530. The molecule has 0 fully saturated rings. The minimum atomic E-state index is 0. The van der Waals surface area contributed by atoms with Crippen molar-refractivity contribution in [1.82, 2.24) is 15.5 Å². The Kier molecular flexibility index (Phi) is 12.1. The maximum Gasteiger partial charge on any atom is 0.243 e. The van der Waals surface area contributed by atoms with Crippen LogP contribution in [0.4, 0.5) is 0 Å². The van der Waals surface area contributed by atoms with Crippen LogP contribution in [0.3, 0.4) is 0 Å². The summed E-state index contributed by atoms with van der Waals surface area (Å²) in [7, 11) is 3.48. The lowest BCUT2D eigenvalue weighted by Crippen LogP contribution is -2.39. The average molecular weight is 398 g/mol. The minimum Gasteiger partial charge on any atom is -0.357 e. The Balaban J connectivity index is 0. The number of amides is 1. The van der Waals surface area contributed by atoms with Crippen molar-refractivity contribution in [2.45, 2.75) is 40.5 Å². The fourth-order valence-electron chi connectivity index (χ4n) is 1.46. The number of likely N-dealkylation sites (N-methyl/N-ethyl adjacent to an activating group) is 1. The van der Waals surface area contributed by atoms with Crippen LogP contribution in [0.2, 0.25) is 0 Å². The molecule has 6 heteroatoms. The number of nitrogens with zero attached hydrogens (tertiary/aromatic N) is 2. The summed E-state index contributed by atoms with van der Waals surface area (Å²) in [4.78, 5) is 17.3. The number of aliphatic imine (C=N–C) groups is 1. The van der Waals surface area contributed by atoms with Gasteiger partial charge in [-0.15, -0.1) is 24.0 Å². The van der Waals surface area contributed by atoms with Crippen LogP contribution in [0.1, 0.15) is 40.5 Å². The van der Waals surface area contributed by atoms with Crippen molar-refractivity contribution in [3.8, 4) is 0 Å². The molecule has 1 amide bonds. The molecule has 0 aliphatic carbocycles. The number of hydrogen-bond donors (Lipinski definition) is 2. The summed E-state index contributed by atoms with van der Waals surface area (Å²) in [6.45, 7) is 10.6. The number of rotatable bonds is 6. The van der Waals surface area contributed by atoms with E-state index in [1.807, 2.05) is 6.92 Å². The van der Waals surface area contributed by atoms with Crippen molar-refractivity contribution in [2.75, 3.05) is 33.7 Å². The molecule has 0 saturated carbocycles. The highest BCUT2D eigenvalue weighted by molar-refractivity contribution is 14.0. The highest BCUT2D eigenvalue weighted by Crippen LogP contribution is 2.19. The molecule has 0 bridgehead atoms. The molecule has 2 N–H and O–H groups in total. The summed E-state index contributed by atoms with van der Waals surface area (Å²) in [6.07, 6.45) is 2.26. The molecule has 0 aromatic heterocycles. The van der Waals surface area contributed by atoms with Gasteiger partial charge in [0, 0.05) is 27.2 Å². The van der Waals surface area contributed by atoms with E-state index in [1.54, 1.807) is 19.0 Å². The van der Waals surface area contributed by atoms with E-state index in [0.29, 0.717) is 11.4 Å². The van der Waals surface area contributed by atoms with Crippen molar-refractivity contribution in [2.24, 2.45) is 10.4 Å². The molecule has 0 unspecified atom stereocenters. The van der Waals surface area contributed by atoms with Gasteiger partial charge in [-0.1, -0.05) is 20.8 Å². The number of hydrogen-bond acceptors (Lipinski definition) is 2. The smallest absolute Gasteiger partial charge is 0.243 e. The summed E-state index contributed by atoms with van der Waals surface area (Å²) in [5.41, 5.74) is 0.359. The van der Waals surface area contributed by atoms with Crippen molar-refractivity contribution in [3.05, 3.63) is 0 Å². The van der Waals surface area contributed by atoms with Crippen molar-refractivity contribution in [1.29, 1.82) is 0 Å². The lowest BCUT2D eigenvalue weighted by molar-refractivity contribution is -0.127. The van der Waals surface area contributed by atoms with Gasteiger partial charge in [0.05, 0.1) is 0 Å². The van der Waals surface area contributed by atoms with Crippen LogP contribution in [0.25, 0.3) is 0 Å². The Morgan fingerprint density at radius 2 is 1.80 bits per heavy atom. The maximum absolute atomic E-state index is 11.5. The van der Waals surface area contributed by atoms with Gasteiger partial charge in [-0.25, -0.2) is 4.99 Å². The third-order valence-corrected chi connectivity index (χ3v) is 2.61. The van der Waals surface area contributed by atoms with Crippen LogP contribution >= 0.6 is 24.0 Å². The highest BCUT2D eigenvalue weighted by Gasteiger charge is 2.09. The summed E-state index contributed by atoms with van der Waals surface area (Å²) in [5.74, 6) is 0.721. The molecule has 5 nitrogen and oxygen atoms in total. The van der Waals surface area contributed by atoms with Gasteiger partial charge >= 0.3 is 0 Å². The van der Waals surface area contributed by atoms with Crippen LogP contribution in [-0.4, -0.2) is 50.5 Å². The largest absolute Gasteiger partial charge is 0.357 e. The van der Waals surface area contributed by atoms with Gasteiger partial charge in [0.25, 0.3) is 0 Å². The van der Waals surface area contributed by atoms with Gasteiger partial charge in [-0.3, -0.25) is 4.79 Å². The summed E-state index contributed by atoms with van der Waals surface area (Å²) in [5, 5.41) is 6.40. The molecule has 0 aromatic carbocycles. The third kappa shape index (κ3) is 12.5. The molecule has 0 heterocycles. The Bertz CT molecular complexity index is 298. The Morgan fingerprint density at radius 1 is 1.20 bits per heavy atom. The molecule has 0 aliphatic heterocycles. The van der Waals surface area contributed by atoms with E-state index in [0.717, 1.165) is 25.9 Å². The number of carbonyl (C=O) groups is 1. The summed E-state index contributed by atoms with van der Waals surface area (Å²) in [6, 6.07) is 0. The predicted molar refractivity (Wildman–Crippen MR) is 96.8 cm³/mol. The van der Waals surface area contributed by atoms with Gasteiger partial charge in [0.2, 0.25) is 5.91 Å². The van der Waals surface area contributed by atoms with E-state index in [9.17, 15) is 4.79 Å². The molecule has 120 valence electrons. The molecular weight excluding hydrogens is 367 g/mol. The normalized spacial score (nSPS) is 11.6. The van der Waals surface area contributed by atoms with E-state index in [-0.39, 0.29) is 36.4 Å². The van der Waals surface area contributed by atoms with E-state index >= 15 is 0 Å². The van der Waals surface area contributed by atoms with E-state index < -0.39 is 0 Å². The zero-order valence-electron chi connectivity index (χ0n) is 13.7. The molecule has 0 aliphatic rings. The first kappa shape index (κ1) is 21.8. The van der Waals surface area contributed by atoms with Gasteiger partial charge < -0.3 is 15.5 Å². The maximum atomic E-state index is 11.5. The van der Waals surface area contributed by atoms with Gasteiger partial charge in [-0.2, -0.15) is 0 Å². The first-order valence-corrected chi connectivity index (χ1v) is 6.98. The summed E-state index contributed by atoms with van der Waals surface area (Å²) >= 11 is 0. The van der Waals surface area contributed by atoms with Crippen LogP contribution in [0.5, 0.6) is 0 Å². The molecular formula is C14H31IN4O. The zero-order chi connectivity index (χ0) is 14.9. The predicted octanol–water partition coefficient (Wildman–Crippen LogP) is 2.07. The van der Waals surface area contributed by atoms with E-state index in [4.69, 9.17) is 0 Å². The molecule has 0 radical (unpaired) electrons. The van der Waals surface area contributed by atoms with E-state index in [1.165, 1.54) is 0 Å². The topological polar surface area (TPSA) is 56.7 Å². The van der Waals surface area contributed by atoms with Crippen LogP contribution < -0.4 is 10.6 Å². The van der Waals surface area contributed by atoms with E-state index in [2.05, 4.69) is 36.4 Å². The quantitative estimate of drug-likeness (QED) is 0.312. The lowest BCUT2D eigenvalue weighted by atomic mass is 9.91. The molecule has 0 saturated heterocycles. The molecule has 0 spiro atoms. The number of nitrogens with one attached hydrogen (secondary N) is 2. The molecule has 0 aromatic rings.